The van der Waals surface area contributed by atoms with Gasteiger partial charge in [0.25, 0.3) is 0 Å². The molecule has 6 heteroatoms. The van der Waals surface area contributed by atoms with E-state index >= 15 is 0 Å². The van der Waals surface area contributed by atoms with Crippen LogP contribution < -0.4 is 11.1 Å². The number of aryl methyl sites for hydroxylation is 1. The lowest BCUT2D eigenvalue weighted by Gasteiger charge is -2.31. The average Bonchev–Trinajstić information content (AvgIpc) is 2.78. The van der Waals surface area contributed by atoms with Crippen molar-refractivity contribution in [2.75, 3.05) is 18.5 Å². The molecule has 6 nitrogen and oxygen atoms in total. The third-order valence-electron chi connectivity index (χ3n) is 3.09. The molecule has 0 unspecified atom stereocenters. The van der Waals surface area contributed by atoms with Gasteiger partial charge in [-0.05, 0) is 19.3 Å². The Balaban J connectivity index is 2.00. The van der Waals surface area contributed by atoms with E-state index in [9.17, 15) is 4.79 Å². The van der Waals surface area contributed by atoms with Gasteiger partial charge in [-0.15, -0.1) is 0 Å². The van der Waals surface area contributed by atoms with Crippen molar-refractivity contribution in [3.05, 3.63) is 11.8 Å². The van der Waals surface area contributed by atoms with E-state index in [2.05, 4.69) is 15.5 Å². The minimum absolute atomic E-state index is 0.185. The highest BCUT2D eigenvalue weighted by Gasteiger charge is 2.36. The Morgan fingerprint density at radius 3 is 2.94 bits per heavy atom. The largest absolute Gasteiger partial charge is 0.381 e. The molecule has 1 fully saturated rings. The average molecular weight is 238 g/mol. The van der Waals surface area contributed by atoms with E-state index in [1.54, 1.807) is 0 Å². The maximum absolute atomic E-state index is 12.0. The van der Waals surface area contributed by atoms with Crippen molar-refractivity contribution in [3.63, 3.8) is 0 Å². The van der Waals surface area contributed by atoms with Crippen LogP contribution in [0.4, 0.5) is 5.82 Å². The topological polar surface area (TPSA) is 93.0 Å². The van der Waals surface area contributed by atoms with Crippen LogP contribution in [-0.2, 0) is 16.0 Å². The summed E-state index contributed by atoms with van der Waals surface area (Å²) in [5, 5.41) is 9.60. The van der Waals surface area contributed by atoms with E-state index in [0.717, 1.165) is 12.1 Å². The molecule has 2 rings (SSSR count). The number of nitrogens with two attached hydrogens (primary N) is 1. The number of aromatic nitrogens is 2. The summed E-state index contributed by atoms with van der Waals surface area (Å²) in [6.07, 6.45) is 1.94. The summed E-state index contributed by atoms with van der Waals surface area (Å²) in [4.78, 5) is 12.0. The molecule has 0 atom stereocenters. The number of carbonyl (C=O) groups is 1. The maximum Gasteiger partial charge on any atom is 0.245 e. The van der Waals surface area contributed by atoms with Crippen LogP contribution >= 0.6 is 0 Å². The van der Waals surface area contributed by atoms with E-state index < -0.39 is 5.54 Å². The fourth-order valence-corrected chi connectivity index (χ4v) is 1.81. The second kappa shape index (κ2) is 4.85. The molecule has 0 saturated carbocycles. The molecule has 0 radical (unpaired) electrons. The summed E-state index contributed by atoms with van der Waals surface area (Å²) in [6.45, 7) is 3.08. The zero-order valence-corrected chi connectivity index (χ0v) is 9.95. The molecular formula is C11H18N4O2. The van der Waals surface area contributed by atoms with Gasteiger partial charge in [-0.3, -0.25) is 9.89 Å². The summed E-state index contributed by atoms with van der Waals surface area (Å²) in [5.41, 5.74) is 6.21. The predicted molar refractivity (Wildman–Crippen MR) is 63.6 cm³/mol. The fraction of sp³-hybridized carbons (Fsp3) is 0.636. The number of nitrogens with zero attached hydrogens (tertiary/aromatic N) is 1. The van der Waals surface area contributed by atoms with Gasteiger partial charge in [-0.2, -0.15) is 5.10 Å². The van der Waals surface area contributed by atoms with Gasteiger partial charge >= 0.3 is 0 Å². The van der Waals surface area contributed by atoms with Crippen LogP contribution in [0.5, 0.6) is 0 Å². The number of hydrogen-bond acceptors (Lipinski definition) is 4. The molecule has 1 saturated heterocycles. The van der Waals surface area contributed by atoms with Crippen LogP contribution in [0.1, 0.15) is 25.5 Å². The van der Waals surface area contributed by atoms with Crippen molar-refractivity contribution in [2.45, 2.75) is 31.7 Å². The number of aromatic amines is 1. The van der Waals surface area contributed by atoms with Gasteiger partial charge in [0.1, 0.15) is 5.54 Å². The fourth-order valence-electron chi connectivity index (χ4n) is 1.81. The van der Waals surface area contributed by atoms with Crippen molar-refractivity contribution in [3.8, 4) is 0 Å². The third-order valence-corrected chi connectivity index (χ3v) is 3.09. The zero-order chi connectivity index (χ0) is 12.3. The number of carbonyl (C=O) groups excluding carboxylic acids is 1. The molecule has 2 heterocycles. The first-order valence-corrected chi connectivity index (χ1v) is 5.86. The Labute approximate surface area is 99.9 Å². The van der Waals surface area contributed by atoms with E-state index in [4.69, 9.17) is 10.5 Å². The van der Waals surface area contributed by atoms with E-state index in [0.29, 0.717) is 31.9 Å². The number of H-pyrrole nitrogens is 1. The molecule has 17 heavy (non-hydrogen) atoms. The Morgan fingerprint density at radius 1 is 1.65 bits per heavy atom. The SMILES string of the molecule is CCc1cc(NC(=O)C2(N)CCOCC2)n[nH]1. The monoisotopic (exact) mass is 238 g/mol. The Hall–Kier alpha value is -1.40. The predicted octanol–water partition coefficient (Wildman–Crippen LogP) is 0.418. The molecule has 1 aliphatic heterocycles. The van der Waals surface area contributed by atoms with Gasteiger partial charge in [0.15, 0.2) is 5.82 Å². The second-order valence-corrected chi connectivity index (χ2v) is 4.35. The van der Waals surface area contributed by atoms with Gasteiger partial charge in [-0.1, -0.05) is 6.92 Å². The normalized spacial score (nSPS) is 18.9. The first kappa shape index (κ1) is 12.1. The molecule has 0 spiro atoms. The Bertz CT molecular complexity index is 396. The van der Waals surface area contributed by atoms with Crippen molar-refractivity contribution in [1.29, 1.82) is 0 Å². The number of rotatable bonds is 3. The molecule has 1 amide bonds. The molecule has 0 aliphatic carbocycles. The molecule has 1 aliphatic rings. The Kier molecular flexibility index (Phi) is 3.44. The number of amides is 1. The number of hydrogen-bond donors (Lipinski definition) is 3. The van der Waals surface area contributed by atoms with Crippen LogP contribution in [0.25, 0.3) is 0 Å². The highest BCUT2D eigenvalue weighted by atomic mass is 16.5. The number of nitrogens with one attached hydrogen (secondary N) is 2. The third kappa shape index (κ3) is 2.65. The second-order valence-electron chi connectivity index (χ2n) is 4.35. The van der Waals surface area contributed by atoms with Crippen LogP contribution in [0.2, 0.25) is 0 Å². The minimum atomic E-state index is -0.830. The highest BCUT2D eigenvalue weighted by Crippen LogP contribution is 2.19. The summed E-state index contributed by atoms with van der Waals surface area (Å²) in [6, 6.07) is 1.82. The first-order valence-electron chi connectivity index (χ1n) is 5.86. The van der Waals surface area contributed by atoms with E-state index in [-0.39, 0.29) is 5.91 Å². The van der Waals surface area contributed by atoms with Crippen molar-refractivity contribution in [1.82, 2.24) is 10.2 Å². The van der Waals surface area contributed by atoms with E-state index in [1.165, 1.54) is 0 Å². The summed E-state index contributed by atoms with van der Waals surface area (Å²) in [7, 11) is 0. The van der Waals surface area contributed by atoms with Gasteiger partial charge in [0.05, 0.1) is 0 Å². The molecule has 94 valence electrons. The van der Waals surface area contributed by atoms with E-state index in [1.807, 2.05) is 13.0 Å². The Morgan fingerprint density at radius 2 is 2.35 bits per heavy atom. The van der Waals surface area contributed by atoms with Crippen molar-refractivity contribution in [2.24, 2.45) is 5.73 Å². The molecular weight excluding hydrogens is 220 g/mol. The van der Waals surface area contributed by atoms with Gasteiger partial charge < -0.3 is 15.8 Å². The zero-order valence-electron chi connectivity index (χ0n) is 9.95. The van der Waals surface area contributed by atoms with Gasteiger partial charge in [-0.25, -0.2) is 0 Å². The van der Waals surface area contributed by atoms with Crippen molar-refractivity contribution < 1.29 is 9.53 Å². The maximum atomic E-state index is 12.0. The molecule has 0 bridgehead atoms. The lowest BCUT2D eigenvalue weighted by atomic mass is 9.90. The summed E-state index contributed by atoms with van der Waals surface area (Å²) in [5.74, 6) is 0.345. The minimum Gasteiger partial charge on any atom is -0.381 e. The van der Waals surface area contributed by atoms with Crippen molar-refractivity contribution >= 4 is 11.7 Å². The van der Waals surface area contributed by atoms with Gasteiger partial charge in [0.2, 0.25) is 5.91 Å². The summed E-state index contributed by atoms with van der Waals surface area (Å²) < 4.78 is 5.20. The number of anilines is 1. The smallest absolute Gasteiger partial charge is 0.245 e. The highest BCUT2D eigenvalue weighted by molar-refractivity contribution is 5.97. The standard InChI is InChI=1S/C11H18N4O2/c1-2-8-7-9(15-14-8)13-10(16)11(12)3-5-17-6-4-11/h7H,2-6,12H2,1H3,(H2,13,14,15,16). The van der Waals surface area contributed by atoms with Crippen LogP contribution in [0.3, 0.4) is 0 Å². The molecule has 4 N–H and O–H groups in total. The summed E-state index contributed by atoms with van der Waals surface area (Å²) >= 11 is 0. The molecule has 1 aromatic heterocycles. The quantitative estimate of drug-likeness (QED) is 0.711. The van der Waals surface area contributed by atoms with Gasteiger partial charge in [0, 0.05) is 25.0 Å². The van der Waals surface area contributed by atoms with Crippen LogP contribution in [0, 0.1) is 0 Å². The van der Waals surface area contributed by atoms with Crippen LogP contribution in [-0.4, -0.2) is 34.9 Å². The lowest BCUT2D eigenvalue weighted by molar-refractivity contribution is -0.124. The van der Waals surface area contributed by atoms with Crippen LogP contribution in [0.15, 0.2) is 6.07 Å². The molecule has 0 aromatic carbocycles. The molecule has 1 aromatic rings. The number of ether oxygens (including phenoxy) is 1. The lowest BCUT2D eigenvalue weighted by Crippen LogP contribution is -2.54. The first-order chi connectivity index (χ1) is 8.14.